The van der Waals surface area contributed by atoms with E-state index < -0.39 is 6.16 Å². The van der Waals surface area contributed by atoms with Gasteiger partial charge in [0.2, 0.25) is 0 Å². The summed E-state index contributed by atoms with van der Waals surface area (Å²) in [4.78, 5) is 24.5. The molecule has 0 aliphatic carbocycles. The van der Waals surface area contributed by atoms with Gasteiger partial charge in [0, 0.05) is 19.1 Å². The summed E-state index contributed by atoms with van der Waals surface area (Å²) >= 11 is 0. The molecular formula is C33H42N2O4. The van der Waals surface area contributed by atoms with Crippen molar-refractivity contribution in [3.63, 3.8) is 0 Å². The molecular weight excluding hydrogens is 488 g/mol. The lowest BCUT2D eigenvalue weighted by molar-refractivity contribution is 0.0909. The van der Waals surface area contributed by atoms with Crippen LogP contribution in [0.5, 0.6) is 0 Å². The summed E-state index contributed by atoms with van der Waals surface area (Å²) in [6.07, 6.45) is 3.78. The van der Waals surface area contributed by atoms with Gasteiger partial charge in [-0.25, -0.2) is 4.79 Å². The largest absolute Gasteiger partial charge is 0.503 e. The Hall–Kier alpha value is -3.64. The number of likely N-dealkylation sites (tertiary alicyclic amines) is 1. The normalized spacial score (nSPS) is 15.5. The third kappa shape index (κ3) is 8.69. The molecule has 1 aliphatic heterocycles. The fourth-order valence-electron chi connectivity index (χ4n) is 5.44. The molecule has 1 saturated heterocycles. The zero-order chi connectivity index (χ0) is 28.3. The number of carbonyl (C=O) groups excluding carboxylic acids is 1. The minimum absolute atomic E-state index is 0.0574. The molecule has 1 aliphatic rings. The third-order valence-electron chi connectivity index (χ3n) is 7.96. The summed E-state index contributed by atoms with van der Waals surface area (Å²) in [6, 6.07) is 27.5. The Morgan fingerprint density at radius 3 is 2.10 bits per heavy atom. The van der Waals surface area contributed by atoms with E-state index in [-0.39, 0.29) is 17.4 Å². The minimum Gasteiger partial charge on any atom is -0.450 e. The van der Waals surface area contributed by atoms with Gasteiger partial charge in [0.1, 0.15) is 0 Å². The SMILES string of the molecule is CCC(C)(CCCN1CCC(NC(=O)c2c(C)cccc2-c2ccccc2)CC1)c1ccccc1.O=C(O)O. The number of nitrogens with zero attached hydrogens (tertiary/aromatic N) is 1. The molecule has 6 nitrogen and oxygen atoms in total. The molecule has 1 atom stereocenters. The molecule has 4 rings (SSSR count). The first kappa shape index (κ1) is 29.9. The quantitative estimate of drug-likeness (QED) is 0.272. The molecule has 3 N–H and O–H groups in total. The van der Waals surface area contributed by atoms with Crippen LogP contribution in [-0.2, 0) is 5.41 Å². The first-order valence-electron chi connectivity index (χ1n) is 13.9. The lowest BCUT2D eigenvalue weighted by atomic mass is 9.76. The fraction of sp³-hybridized carbons (Fsp3) is 0.394. The van der Waals surface area contributed by atoms with E-state index >= 15 is 0 Å². The highest BCUT2D eigenvalue weighted by Gasteiger charge is 2.26. The molecule has 1 amide bonds. The van der Waals surface area contributed by atoms with E-state index in [1.165, 1.54) is 18.4 Å². The van der Waals surface area contributed by atoms with E-state index in [2.05, 4.69) is 72.6 Å². The van der Waals surface area contributed by atoms with E-state index in [1.807, 2.05) is 37.3 Å². The predicted octanol–water partition coefficient (Wildman–Crippen LogP) is 7.23. The Morgan fingerprint density at radius 2 is 1.51 bits per heavy atom. The Labute approximate surface area is 232 Å². The average Bonchev–Trinajstić information content (AvgIpc) is 2.94. The highest BCUT2D eigenvalue weighted by atomic mass is 16.6. The number of hydrogen-bond acceptors (Lipinski definition) is 3. The monoisotopic (exact) mass is 530 g/mol. The van der Waals surface area contributed by atoms with Crippen LogP contribution in [0.2, 0.25) is 0 Å². The molecule has 1 fully saturated rings. The summed E-state index contributed by atoms with van der Waals surface area (Å²) < 4.78 is 0. The van der Waals surface area contributed by atoms with E-state index in [4.69, 9.17) is 15.0 Å². The van der Waals surface area contributed by atoms with Gasteiger partial charge in [0.25, 0.3) is 5.91 Å². The maximum atomic E-state index is 13.3. The van der Waals surface area contributed by atoms with Gasteiger partial charge in [-0.2, -0.15) is 0 Å². The van der Waals surface area contributed by atoms with E-state index in [0.29, 0.717) is 0 Å². The molecule has 3 aromatic rings. The van der Waals surface area contributed by atoms with Gasteiger partial charge in [-0.1, -0.05) is 92.7 Å². The lowest BCUT2D eigenvalue weighted by Gasteiger charge is -2.34. The Kier molecular flexibility index (Phi) is 11.1. The van der Waals surface area contributed by atoms with Crippen LogP contribution in [0.1, 0.15) is 67.4 Å². The Bertz CT molecular complexity index is 1190. The first-order chi connectivity index (χ1) is 18.7. The molecule has 1 unspecified atom stereocenters. The number of amides is 1. The second-order valence-electron chi connectivity index (χ2n) is 10.6. The molecule has 3 aromatic carbocycles. The topological polar surface area (TPSA) is 89.9 Å². The van der Waals surface area contributed by atoms with Gasteiger partial charge in [-0.3, -0.25) is 4.79 Å². The summed E-state index contributed by atoms with van der Waals surface area (Å²) in [6.45, 7) is 9.98. The number of nitrogens with one attached hydrogen (secondary N) is 1. The molecule has 0 spiro atoms. The predicted molar refractivity (Wildman–Crippen MR) is 158 cm³/mol. The molecule has 0 radical (unpaired) electrons. The van der Waals surface area contributed by atoms with Crippen molar-refractivity contribution in [2.45, 2.75) is 64.3 Å². The first-order valence-corrected chi connectivity index (χ1v) is 13.9. The van der Waals surface area contributed by atoms with Crippen molar-refractivity contribution in [1.82, 2.24) is 10.2 Å². The second-order valence-corrected chi connectivity index (χ2v) is 10.6. The van der Waals surface area contributed by atoms with Crippen LogP contribution in [0, 0.1) is 6.92 Å². The smallest absolute Gasteiger partial charge is 0.450 e. The van der Waals surface area contributed by atoms with Crippen molar-refractivity contribution in [2.75, 3.05) is 19.6 Å². The van der Waals surface area contributed by atoms with Crippen molar-refractivity contribution in [1.29, 1.82) is 0 Å². The maximum Gasteiger partial charge on any atom is 0.503 e. The molecule has 0 bridgehead atoms. The lowest BCUT2D eigenvalue weighted by Crippen LogP contribution is -2.45. The number of piperidine rings is 1. The summed E-state index contributed by atoms with van der Waals surface area (Å²) in [7, 11) is 0. The molecule has 39 heavy (non-hydrogen) atoms. The molecule has 208 valence electrons. The van der Waals surface area contributed by atoms with Crippen LogP contribution in [0.4, 0.5) is 4.79 Å². The summed E-state index contributed by atoms with van der Waals surface area (Å²) in [5.74, 6) is 0.0574. The zero-order valence-electron chi connectivity index (χ0n) is 23.4. The third-order valence-corrected chi connectivity index (χ3v) is 7.96. The van der Waals surface area contributed by atoms with Crippen molar-refractivity contribution >= 4 is 12.1 Å². The van der Waals surface area contributed by atoms with Crippen LogP contribution >= 0.6 is 0 Å². The summed E-state index contributed by atoms with van der Waals surface area (Å²) in [5, 5.41) is 17.3. The Morgan fingerprint density at radius 1 is 0.923 bits per heavy atom. The van der Waals surface area contributed by atoms with E-state index in [1.54, 1.807) is 0 Å². The van der Waals surface area contributed by atoms with Gasteiger partial charge in [0.05, 0.1) is 5.56 Å². The highest BCUT2D eigenvalue weighted by molar-refractivity contribution is 6.02. The number of hydrogen-bond donors (Lipinski definition) is 3. The number of carbonyl (C=O) groups is 2. The van der Waals surface area contributed by atoms with Crippen molar-refractivity contribution in [3.05, 3.63) is 95.6 Å². The molecule has 1 heterocycles. The van der Waals surface area contributed by atoms with Crippen LogP contribution in [0.3, 0.4) is 0 Å². The standard InChI is InChI=1S/C32H40N2O.CH2O3/c1-4-32(3,27-16-9-6-10-17-27)21-12-22-34-23-19-28(20-24-34)33-31(35)30-25(2)13-11-18-29(30)26-14-7-5-8-15-26;2-1(3)4/h5-11,13-18,28H,4,12,19-24H2,1-3H3,(H,33,35);(H2,2,3,4). The van der Waals surface area contributed by atoms with Crippen LogP contribution in [-0.4, -0.2) is 52.9 Å². The number of carboxylic acid groups (broad SMARTS) is 2. The van der Waals surface area contributed by atoms with Crippen LogP contribution in [0.25, 0.3) is 11.1 Å². The minimum atomic E-state index is -1.83. The number of aryl methyl sites for hydroxylation is 1. The van der Waals surface area contributed by atoms with Crippen molar-refractivity contribution in [3.8, 4) is 11.1 Å². The zero-order valence-corrected chi connectivity index (χ0v) is 23.4. The van der Waals surface area contributed by atoms with Gasteiger partial charge < -0.3 is 20.4 Å². The van der Waals surface area contributed by atoms with Gasteiger partial charge in [0.15, 0.2) is 0 Å². The molecule has 0 aromatic heterocycles. The van der Waals surface area contributed by atoms with Crippen molar-refractivity contribution < 1.29 is 19.8 Å². The van der Waals surface area contributed by atoms with Crippen molar-refractivity contribution in [2.24, 2.45) is 0 Å². The van der Waals surface area contributed by atoms with Crippen LogP contribution < -0.4 is 5.32 Å². The van der Waals surface area contributed by atoms with Crippen LogP contribution in [0.15, 0.2) is 78.9 Å². The fourth-order valence-corrected chi connectivity index (χ4v) is 5.44. The van der Waals surface area contributed by atoms with Gasteiger partial charge in [-0.05, 0) is 73.2 Å². The maximum absolute atomic E-state index is 13.3. The second kappa shape index (κ2) is 14.5. The summed E-state index contributed by atoms with van der Waals surface area (Å²) in [5.41, 5.74) is 5.63. The van der Waals surface area contributed by atoms with Gasteiger partial charge >= 0.3 is 6.16 Å². The van der Waals surface area contributed by atoms with E-state index in [0.717, 1.165) is 61.2 Å². The molecule has 0 saturated carbocycles. The molecule has 6 heteroatoms. The highest BCUT2D eigenvalue weighted by Crippen LogP contribution is 2.32. The average molecular weight is 531 g/mol. The Balaban J connectivity index is 0.000000983. The number of rotatable bonds is 9. The number of benzene rings is 3. The van der Waals surface area contributed by atoms with Gasteiger partial charge in [-0.15, -0.1) is 0 Å². The van der Waals surface area contributed by atoms with E-state index in [9.17, 15) is 4.79 Å².